The molecule has 0 amide bonds. The van der Waals surface area contributed by atoms with E-state index in [0.717, 1.165) is 0 Å². The second-order valence-corrected chi connectivity index (χ2v) is 3.03. The number of aromatic hydroxyl groups is 2. The molecular weight excluding hydrogens is 188 g/mol. The fraction of sp³-hybridized carbons (Fsp3) is 0. The molecule has 0 aliphatic rings. The number of phenols is 2. The molecule has 2 rings (SSSR count). The lowest BCUT2D eigenvalue weighted by atomic mass is 10.2. The van der Waals surface area contributed by atoms with E-state index in [1.54, 1.807) is 12.1 Å². The first-order valence-electron chi connectivity index (χ1n) is 3.62. The predicted molar refractivity (Wildman–Crippen MR) is 50.4 cm³/mol. The van der Waals surface area contributed by atoms with Gasteiger partial charge in [-0.05, 0) is 24.4 Å². The highest BCUT2D eigenvalue weighted by Crippen LogP contribution is 2.29. The summed E-state index contributed by atoms with van der Waals surface area (Å²) in [6.45, 7) is 0. The van der Waals surface area contributed by atoms with Crippen LogP contribution in [0, 0.1) is 4.71 Å². The van der Waals surface area contributed by atoms with Crippen LogP contribution < -0.4 is 0 Å². The Labute approximate surface area is 78.9 Å². The third kappa shape index (κ3) is 1.36. The molecule has 0 atom stereocenters. The molecule has 0 spiro atoms. The van der Waals surface area contributed by atoms with Crippen LogP contribution in [-0.2, 0) is 0 Å². The highest BCUT2D eigenvalue weighted by molar-refractivity contribution is 7.71. The molecule has 3 nitrogen and oxygen atoms in total. The van der Waals surface area contributed by atoms with E-state index in [4.69, 9.17) is 21.7 Å². The zero-order chi connectivity index (χ0) is 9.42. The normalized spacial score (nSPS) is 10.5. The van der Waals surface area contributed by atoms with Crippen LogP contribution in [0.3, 0.4) is 0 Å². The molecule has 2 aromatic rings. The van der Waals surface area contributed by atoms with E-state index in [2.05, 4.69) is 0 Å². The molecule has 0 radical (unpaired) electrons. The van der Waals surface area contributed by atoms with Gasteiger partial charge in [0.15, 0.2) is 4.71 Å². The van der Waals surface area contributed by atoms with E-state index in [0.29, 0.717) is 15.7 Å². The van der Waals surface area contributed by atoms with Gasteiger partial charge < -0.3 is 14.6 Å². The average molecular weight is 194 g/mol. The van der Waals surface area contributed by atoms with Crippen molar-refractivity contribution in [3.05, 3.63) is 29.0 Å². The molecule has 0 fully saturated rings. The van der Waals surface area contributed by atoms with Gasteiger partial charge in [-0.3, -0.25) is 0 Å². The van der Waals surface area contributed by atoms with Crippen molar-refractivity contribution in [1.29, 1.82) is 0 Å². The van der Waals surface area contributed by atoms with Crippen LogP contribution in [0.5, 0.6) is 11.5 Å². The third-order valence-electron chi connectivity index (χ3n) is 1.70. The van der Waals surface area contributed by atoms with E-state index in [1.165, 1.54) is 12.1 Å². The quantitative estimate of drug-likeness (QED) is 0.633. The molecule has 1 aromatic carbocycles. The first-order chi connectivity index (χ1) is 6.16. The van der Waals surface area contributed by atoms with Crippen LogP contribution in [0.1, 0.15) is 0 Å². The molecule has 0 saturated heterocycles. The highest BCUT2D eigenvalue weighted by Gasteiger charge is 2.03. The summed E-state index contributed by atoms with van der Waals surface area (Å²) in [7, 11) is 0. The molecule has 0 saturated carbocycles. The molecule has 2 N–H and O–H groups in total. The van der Waals surface area contributed by atoms with Crippen LogP contribution in [0.4, 0.5) is 0 Å². The number of fused-ring (bicyclic) bond motifs is 1. The number of phenolic OH excluding ortho intramolecular Hbond substituents is 2. The van der Waals surface area contributed by atoms with Crippen molar-refractivity contribution in [2.45, 2.75) is 0 Å². The van der Waals surface area contributed by atoms with Gasteiger partial charge in [-0.15, -0.1) is 0 Å². The molecular formula is C9H6O3S. The van der Waals surface area contributed by atoms with Crippen LogP contribution >= 0.6 is 12.2 Å². The molecule has 66 valence electrons. The standard InChI is InChI=1S/C9H6O3S/c10-5-3-7(11)6-1-2-9(13)12-8(6)4-5/h1-4,10-11H. The maximum absolute atomic E-state index is 9.39. The first kappa shape index (κ1) is 8.07. The van der Waals surface area contributed by atoms with Crippen molar-refractivity contribution in [1.82, 2.24) is 0 Å². The molecule has 1 aromatic heterocycles. The number of hydrogen-bond acceptors (Lipinski definition) is 4. The summed E-state index contributed by atoms with van der Waals surface area (Å²) < 4.78 is 5.44. The fourth-order valence-electron chi connectivity index (χ4n) is 1.14. The minimum absolute atomic E-state index is 0.0197. The Morgan fingerprint density at radius 2 is 1.92 bits per heavy atom. The third-order valence-corrected chi connectivity index (χ3v) is 1.92. The Balaban J connectivity index is 2.94. The van der Waals surface area contributed by atoms with Gasteiger partial charge in [0.1, 0.15) is 17.1 Å². The monoisotopic (exact) mass is 194 g/mol. The molecule has 0 aliphatic heterocycles. The lowest BCUT2D eigenvalue weighted by Gasteiger charge is -2.00. The molecule has 0 aliphatic carbocycles. The summed E-state index contributed by atoms with van der Waals surface area (Å²) in [5.41, 5.74) is 0.380. The Morgan fingerprint density at radius 3 is 2.69 bits per heavy atom. The van der Waals surface area contributed by atoms with Gasteiger partial charge in [0.2, 0.25) is 0 Å². The Bertz CT molecular complexity index is 516. The summed E-state index contributed by atoms with van der Waals surface area (Å²) in [5, 5.41) is 19.1. The van der Waals surface area contributed by atoms with Crippen LogP contribution in [-0.4, -0.2) is 10.2 Å². The van der Waals surface area contributed by atoms with Crippen LogP contribution in [0.25, 0.3) is 11.0 Å². The molecule has 4 heteroatoms. The van der Waals surface area contributed by atoms with Gasteiger partial charge >= 0.3 is 0 Å². The highest BCUT2D eigenvalue weighted by atomic mass is 32.1. The topological polar surface area (TPSA) is 53.6 Å². The second-order valence-electron chi connectivity index (χ2n) is 2.63. The lowest BCUT2D eigenvalue weighted by Crippen LogP contribution is -1.74. The zero-order valence-electron chi connectivity index (χ0n) is 6.52. The van der Waals surface area contributed by atoms with Crippen molar-refractivity contribution in [3.63, 3.8) is 0 Å². The van der Waals surface area contributed by atoms with Gasteiger partial charge in [0.25, 0.3) is 0 Å². The second kappa shape index (κ2) is 2.74. The summed E-state index contributed by atoms with van der Waals surface area (Å²) in [6, 6.07) is 5.89. The van der Waals surface area contributed by atoms with Gasteiger partial charge in [-0.2, -0.15) is 0 Å². The van der Waals surface area contributed by atoms with E-state index in [9.17, 15) is 5.11 Å². The van der Waals surface area contributed by atoms with Crippen LogP contribution in [0.2, 0.25) is 0 Å². The Kier molecular flexibility index (Phi) is 1.70. The van der Waals surface area contributed by atoms with Crippen LogP contribution in [0.15, 0.2) is 28.7 Å². The summed E-state index contributed by atoms with van der Waals surface area (Å²) in [6.07, 6.45) is 0. The molecule has 0 unspecified atom stereocenters. The van der Waals surface area contributed by atoms with Crippen molar-refractivity contribution in [2.75, 3.05) is 0 Å². The van der Waals surface area contributed by atoms with Crippen molar-refractivity contribution < 1.29 is 14.6 Å². The zero-order valence-corrected chi connectivity index (χ0v) is 7.34. The Morgan fingerprint density at radius 1 is 1.15 bits per heavy atom. The maximum atomic E-state index is 9.39. The number of hydrogen-bond donors (Lipinski definition) is 2. The van der Waals surface area contributed by atoms with Gasteiger partial charge in [-0.1, -0.05) is 0 Å². The van der Waals surface area contributed by atoms with Crippen molar-refractivity contribution >= 4 is 23.2 Å². The summed E-state index contributed by atoms with van der Waals surface area (Å²) in [5.74, 6) is -0.0666. The van der Waals surface area contributed by atoms with Gasteiger partial charge in [-0.25, -0.2) is 0 Å². The number of benzene rings is 1. The predicted octanol–water partition coefficient (Wildman–Crippen LogP) is 2.57. The lowest BCUT2D eigenvalue weighted by molar-refractivity contribution is 0.452. The minimum Gasteiger partial charge on any atom is -0.508 e. The molecule has 1 heterocycles. The minimum atomic E-state index is -0.0469. The van der Waals surface area contributed by atoms with Crippen molar-refractivity contribution in [3.8, 4) is 11.5 Å². The van der Waals surface area contributed by atoms with Gasteiger partial charge in [0.05, 0.1) is 5.39 Å². The smallest absolute Gasteiger partial charge is 0.190 e. The van der Waals surface area contributed by atoms with E-state index in [-0.39, 0.29) is 11.5 Å². The number of rotatable bonds is 0. The maximum Gasteiger partial charge on any atom is 0.190 e. The summed E-state index contributed by atoms with van der Waals surface area (Å²) in [4.78, 5) is 0. The average Bonchev–Trinajstić information content (AvgIpc) is 2.02. The van der Waals surface area contributed by atoms with E-state index < -0.39 is 0 Å². The molecule has 0 bridgehead atoms. The largest absolute Gasteiger partial charge is 0.508 e. The first-order valence-corrected chi connectivity index (χ1v) is 4.03. The van der Waals surface area contributed by atoms with Crippen molar-refractivity contribution in [2.24, 2.45) is 0 Å². The summed E-state index contributed by atoms with van der Waals surface area (Å²) >= 11 is 4.80. The van der Waals surface area contributed by atoms with Gasteiger partial charge in [0, 0.05) is 12.1 Å². The molecule has 13 heavy (non-hydrogen) atoms. The van der Waals surface area contributed by atoms with E-state index >= 15 is 0 Å². The SMILES string of the molecule is Oc1cc(O)c2ccc(=S)oc2c1. The Hall–Kier alpha value is -1.55. The fourth-order valence-corrected chi connectivity index (χ4v) is 1.30. The van der Waals surface area contributed by atoms with E-state index in [1.807, 2.05) is 0 Å².